The summed E-state index contributed by atoms with van der Waals surface area (Å²) in [6.45, 7) is 11.3. The van der Waals surface area contributed by atoms with Gasteiger partial charge in [0, 0.05) is 18.7 Å². The summed E-state index contributed by atoms with van der Waals surface area (Å²) in [5.41, 5.74) is 3.33. The van der Waals surface area contributed by atoms with Crippen LogP contribution in [0, 0.1) is 0 Å². The van der Waals surface area contributed by atoms with Crippen molar-refractivity contribution in [2.24, 2.45) is 0 Å². The van der Waals surface area contributed by atoms with Crippen LogP contribution in [0.15, 0.2) is 59.8 Å². The smallest absolute Gasteiger partial charge is 0.237 e. The summed E-state index contributed by atoms with van der Waals surface area (Å²) in [7, 11) is 0. The normalized spacial score (nSPS) is 12.6. The maximum absolute atomic E-state index is 12.7. The molecule has 0 saturated carbocycles. The number of anilines is 1. The molecule has 0 aliphatic heterocycles. The van der Waals surface area contributed by atoms with Crippen LogP contribution in [0.4, 0.5) is 5.69 Å². The van der Waals surface area contributed by atoms with E-state index in [2.05, 4.69) is 72.0 Å². The van der Waals surface area contributed by atoms with Crippen LogP contribution < -0.4 is 5.32 Å². The third-order valence-electron chi connectivity index (χ3n) is 4.98. The van der Waals surface area contributed by atoms with E-state index in [4.69, 9.17) is 0 Å². The van der Waals surface area contributed by atoms with Gasteiger partial charge in [-0.1, -0.05) is 75.0 Å². The van der Waals surface area contributed by atoms with E-state index in [0.717, 1.165) is 29.6 Å². The molecule has 0 fully saturated rings. The monoisotopic (exact) mass is 422 g/mol. The largest absolute Gasteiger partial charge is 0.325 e. The molecule has 1 N–H and O–H groups in total. The van der Waals surface area contributed by atoms with Crippen LogP contribution in [0.3, 0.4) is 0 Å². The molecule has 6 heteroatoms. The van der Waals surface area contributed by atoms with Crippen molar-refractivity contribution in [2.75, 3.05) is 5.32 Å². The first-order valence-corrected chi connectivity index (χ1v) is 11.2. The average Bonchev–Trinajstić information content (AvgIpc) is 3.09. The van der Waals surface area contributed by atoms with Crippen molar-refractivity contribution in [1.82, 2.24) is 14.8 Å². The molecule has 5 nitrogen and oxygen atoms in total. The molecule has 3 aromatic rings. The molecular weight excluding hydrogens is 392 g/mol. The Kier molecular flexibility index (Phi) is 6.98. The highest BCUT2D eigenvalue weighted by Gasteiger charge is 2.20. The second-order valence-corrected chi connectivity index (χ2v) is 9.69. The fourth-order valence-electron chi connectivity index (χ4n) is 3.14. The first kappa shape index (κ1) is 22.1. The summed E-state index contributed by atoms with van der Waals surface area (Å²) in [5, 5.41) is 12.2. The number of aromatic nitrogens is 3. The fourth-order valence-corrected chi connectivity index (χ4v) is 4.07. The molecular formula is C24H30N4OS. The lowest BCUT2D eigenvalue weighted by atomic mass is 9.87. The van der Waals surface area contributed by atoms with E-state index in [1.165, 1.54) is 22.9 Å². The highest BCUT2D eigenvalue weighted by molar-refractivity contribution is 8.00. The molecule has 1 unspecified atom stereocenters. The second-order valence-electron chi connectivity index (χ2n) is 8.38. The third kappa shape index (κ3) is 5.51. The zero-order valence-electron chi connectivity index (χ0n) is 18.3. The van der Waals surface area contributed by atoms with Gasteiger partial charge in [-0.25, -0.2) is 0 Å². The number of nitrogens with one attached hydrogen (secondary N) is 1. The zero-order valence-corrected chi connectivity index (χ0v) is 19.2. The Hall–Kier alpha value is -2.60. The van der Waals surface area contributed by atoms with Gasteiger partial charge in [-0.15, -0.1) is 10.2 Å². The Balaban J connectivity index is 1.65. The highest BCUT2D eigenvalue weighted by atomic mass is 32.2. The van der Waals surface area contributed by atoms with Crippen LogP contribution in [0.2, 0.25) is 0 Å². The summed E-state index contributed by atoms with van der Waals surface area (Å²) in [6, 6.07) is 18.3. The fraction of sp³-hybridized carbons (Fsp3) is 0.375. The van der Waals surface area contributed by atoms with Crippen molar-refractivity contribution in [2.45, 2.75) is 63.4 Å². The van der Waals surface area contributed by atoms with Gasteiger partial charge in [0.25, 0.3) is 0 Å². The van der Waals surface area contributed by atoms with E-state index >= 15 is 0 Å². The van der Waals surface area contributed by atoms with Crippen molar-refractivity contribution < 1.29 is 4.79 Å². The molecule has 2 aromatic carbocycles. The Morgan fingerprint density at radius 3 is 2.33 bits per heavy atom. The lowest BCUT2D eigenvalue weighted by molar-refractivity contribution is -0.115. The topological polar surface area (TPSA) is 59.8 Å². The average molecular weight is 423 g/mol. The van der Waals surface area contributed by atoms with Crippen molar-refractivity contribution >= 4 is 23.4 Å². The van der Waals surface area contributed by atoms with Crippen molar-refractivity contribution in [1.29, 1.82) is 0 Å². The Bertz CT molecular complexity index is 975. The van der Waals surface area contributed by atoms with Crippen molar-refractivity contribution in [3.8, 4) is 0 Å². The Morgan fingerprint density at radius 1 is 1.07 bits per heavy atom. The number of carbonyl (C=O) groups excluding carboxylic acids is 1. The molecule has 1 atom stereocenters. The van der Waals surface area contributed by atoms with Gasteiger partial charge in [0.05, 0.1) is 5.25 Å². The molecule has 1 amide bonds. The maximum Gasteiger partial charge on any atom is 0.237 e. The van der Waals surface area contributed by atoms with Gasteiger partial charge in [-0.3, -0.25) is 4.79 Å². The lowest BCUT2D eigenvalue weighted by Crippen LogP contribution is -2.23. The number of rotatable bonds is 7. The maximum atomic E-state index is 12.7. The van der Waals surface area contributed by atoms with Crippen LogP contribution >= 0.6 is 11.8 Å². The number of carbonyl (C=O) groups is 1. The number of nitrogens with zero attached hydrogens (tertiary/aromatic N) is 3. The summed E-state index contributed by atoms with van der Waals surface area (Å²) >= 11 is 1.44. The zero-order chi connectivity index (χ0) is 21.7. The van der Waals surface area contributed by atoms with Crippen LogP contribution in [-0.4, -0.2) is 25.9 Å². The standard InChI is InChI=1S/C24H30N4OS/c1-6-28-21(16-18-10-8-7-9-11-18)26-27-23(28)30-17(2)22(29)25-20-14-12-19(13-15-20)24(3,4)5/h7-15,17H,6,16H2,1-5H3,(H,25,29). The van der Waals surface area contributed by atoms with E-state index in [0.29, 0.717) is 0 Å². The van der Waals surface area contributed by atoms with Gasteiger partial charge in [0.2, 0.25) is 5.91 Å². The summed E-state index contributed by atoms with van der Waals surface area (Å²) in [5.74, 6) is 0.871. The highest BCUT2D eigenvalue weighted by Crippen LogP contribution is 2.26. The van der Waals surface area contributed by atoms with Crippen LogP contribution in [0.5, 0.6) is 0 Å². The molecule has 30 heavy (non-hydrogen) atoms. The third-order valence-corrected chi connectivity index (χ3v) is 6.07. The number of benzene rings is 2. The second kappa shape index (κ2) is 9.47. The van der Waals surface area contributed by atoms with E-state index in [-0.39, 0.29) is 16.6 Å². The van der Waals surface area contributed by atoms with E-state index in [9.17, 15) is 4.79 Å². The van der Waals surface area contributed by atoms with Crippen LogP contribution in [0.1, 0.15) is 51.6 Å². The van der Waals surface area contributed by atoms with E-state index in [1.54, 1.807) is 0 Å². The minimum absolute atomic E-state index is 0.0428. The molecule has 158 valence electrons. The Labute approximate surface area is 183 Å². The molecule has 0 aliphatic rings. The van der Waals surface area contributed by atoms with Gasteiger partial charge >= 0.3 is 0 Å². The van der Waals surface area contributed by atoms with Crippen molar-refractivity contribution in [3.05, 3.63) is 71.5 Å². The van der Waals surface area contributed by atoms with Gasteiger partial charge in [0.1, 0.15) is 5.82 Å². The number of thioether (sulfide) groups is 1. The SMILES string of the molecule is CCn1c(Cc2ccccc2)nnc1SC(C)C(=O)Nc1ccc(C(C)(C)C)cc1. The predicted octanol–water partition coefficient (Wildman–Crippen LogP) is 5.31. The van der Waals surface area contributed by atoms with Gasteiger partial charge in [-0.05, 0) is 42.5 Å². The first-order valence-electron chi connectivity index (χ1n) is 10.3. The minimum atomic E-state index is -0.286. The molecule has 1 aromatic heterocycles. The van der Waals surface area contributed by atoms with E-state index in [1.807, 2.05) is 37.3 Å². The summed E-state index contributed by atoms with van der Waals surface area (Å²) in [6.07, 6.45) is 0.725. The molecule has 0 bridgehead atoms. The van der Waals surface area contributed by atoms with Crippen LogP contribution in [-0.2, 0) is 23.2 Å². The molecule has 0 spiro atoms. The van der Waals surface area contributed by atoms with E-state index < -0.39 is 0 Å². The molecule has 0 saturated heterocycles. The molecule has 3 rings (SSSR count). The molecule has 1 heterocycles. The lowest BCUT2D eigenvalue weighted by Gasteiger charge is -2.19. The molecule has 0 radical (unpaired) electrons. The van der Waals surface area contributed by atoms with Gasteiger partial charge in [-0.2, -0.15) is 0 Å². The van der Waals surface area contributed by atoms with Gasteiger partial charge in [0.15, 0.2) is 5.16 Å². The number of hydrogen-bond donors (Lipinski definition) is 1. The number of hydrogen-bond acceptors (Lipinski definition) is 4. The van der Waals surface area contributed by atoms with Crippen LogP contribution in [0.25, 0.3) is 0 Å². The quantitative estimate of drug-likeness (QED) is 0.525. The first-order chi connectivity index (χ1) is 14.3. The summed E-state index contributed by atoms with van der Waals surface area (Å²) < 4.78 is 2.08. The van der Waals surface area contributed by atoms with Crippen molar-refractivity contribution in [3.63, 3.8) is 0 Å². The number of amides is 1. The minimum Gasteiger partial charge on any atom is -0.325 e. The Morgan fingerprint density at radius 2 is 1.73 bits per heavy atom. The predicted molar refractivity (Wildman–Crippen MR) is 124 cm³/mol. The summed E-state index contributed by atoms with van der Waals surface area (Å²) in [4.78, 5) is 12.7. The molecule has 0 aliphatic carbocycles. The van der Waals surface area contributed by atoms with Gasteiger partial charge < -0.3 is 9.88 Å².